The molecule has 0 saturated heterocycles. The summed E-state index contributed by atoms with van der Waals surface area (Å²) in [6.45, 7) is 1.25. The van der Waals surface area contributed by atoms with Gasteiger partial charge in [-0.05, 0) is 24.1 Å². The van der Waals surface area contributed by atoms with Gasteiger partial charge in [0.05, 0.1) is 6.61 Å². The van der Waals surface area contributed by atoms with Crippen LogP contribution >= 0.6 is 12.4 Å². The van der Waals surface area contributed by atoms with Crippen LogP contribution in [0, 0.1) is 0 Å². The molecule has 2 rings (SSSR count). The first-order valence-corrected chi connectivity index (χ1v) is 7.89. The van der Waals surface area contributed by atoms with E-state index >= 15 is 0 Å². The molecule has 0 bridgehead atoms. The summed E-state index contributed by atoms with van der Waals surface area (Å²) in [5, 5.41) is 0. The SMILES string of the molecule is CN(CCCOc1ccccc1)C(=O)CC(N)c1ccccc1.Cl. The van der Waals surface area contributed by atoms with Crippen LogP contribution in [0.2, 0.25) is 0 Å². The van der Waals surface area contributed by atoms with E-state index in [-0.39, 0.29) is 24.4 Å². The standard InChI is InChI=1S/C19H24N2O2.ClH/c1-21(13-8-14-23-17-11-6-3-7-12-17)19(22)15-18(20)16-9-4-2-5-10-16;/h2-7,9-12,18H,8,13-15,20H2,1H3;1H. The molecule has 0 radical (unpaired) electrons. The van der Waals surface area contributed by atoms with Gasteiger partial charge in [0.1, 0.15) is 5.75 Å². The Kier molecular flexibility index (Phi) is 8.90. The van der Waals surface area contributed by atoms with E-state index in [4.69, 9.17) is 10.5 Å². The maximum Gasteiger partial charge on any atom is 0.224 e. The van der Waals surface area contributed by atoms with Crippen LogP contribution in [-0.2, 0) is 4.79 Å². The molecule has 0 heterocycles. The highest BCUT2D eigenvalue weighted by Gasteiger charge is 2.14. The van der Waals surface area contributed by atoms with E-state index < -0.39 is 0 Å². The van der Waals surface area contributed by atoms with E-state index in [0.717, 1.165) is 17.7 Å². The summed E-state index contributed by atoms with van der Waals surface area (Å²) < 4.78 is 5.62. The molecule has 1 atom stereocenters. The molecule has 24 heavy (non-hydrogen) atoms. The second-order valence-corrected chi connectivity index (χ2v) is 5.55. The molecule has 0 spiro atoms. The lowest BCUT2D eigenvalue weighted by Crippen LogP contribution is -2.31. The van der Waals surface area contributed by atoms with Gasteiger partial charge in [-0.1, -0.05) is 48.5 Å². The third-order valence-electron chi connectivity index (χ3n) is 3.70. The van der Waals surface area contributed by atoms with Crippen molar-refractivity contribution in [3.8, 4) is 5.75 Å². The molecule has 0 saturated carbocycles. The van der Waals surface area contributed by atoms with Crippen LogP contribution in [0.5, 0.6) is 5.75 Å². The first-order chi connectivity index (χ1) is 11.2. The zero-order valence-corrected chi connectivity index (χ0v) is 14.7. The summed E-state index contributed by atoms with van der Waals surface area (Å²) in [5.74, 6) is 0.911. The van der Waals surface area contributed by atoms with Gasteiger partial charge >= 0.3 is 0 Å². The average Bonchev–Trinajstić information content (AvgIpc) is 2.60. The highest BCUT2D eigenvalue weighted by atomic mass is 35.5. The Morgan fingerprint density at radius 3 is 2.29 bits per heavy atom. The van der Waals surface area contributed by atoms with Crippen molar-refractivity contribution >= 4 is 18.3 Å². The van der Waals surface area contributed by atoms with Gasteiger partial charge in [0.15, 0.2) is 0 Å². The van der Waals surface area contributed by atoms with Crippen molar-refractivity contribution < 1.29 is 9.53 Å². The molecule has 2 N–H and O–H groups in total. The highest BCUT2D eigenvalue weighted by Crippen LogP contribution is 2.14. The normalized spacial score (nSPS) is 11.2. The number of nitrogens with zero attached hydrogens (tertiary/aromatic N) is 1. The van der Waals surface area contributed by atoms with Gasteiger partial charge < -0.3 is 15.4 Å². The lowest BCUT2D eigenvalue weighted by molar-refractivity contribution is -0.130. The minimum atomic E-state index is -0.258. The number of carbonyl (C=O) groups excluding carboxylic acids is 1. The maximum atomic E-state index is 12.2. The highest BCUT2D eigenvalue weighted by molar-refractivity contribution is 5.85. The van der Waals surface area contributed by atoms with E-state index in [2.05, 4.69) is 0 Å². The van der Waals surface area contributed by atoms with Gasteiger partial charge in [0.2, 0.25) is 5.91 Å². The summed E-state index contributed by atoms with van der Waals surface area (Å²) in [7, 11) is 1.81. The van der Waals surface area contributed by atoms with Gasteiger partial charge in [-0.25, -0.2) is 0 Å². The zero-order chi connectivity index (χ0) is 16.5. The molecule has 0 aromatic heterocycles. The van der Waals surface area contributed by atoms with Crippen molar-refractivity contribution in [2.75, 3.05) is 20.2 Å². The van der Waals surface area contributed by atoms with Crippen molar-refractivity contribution in [1.29, 1.82) is 0 Å². The van der Waals surface area contributed by atoms with Crippen LogP contribution in [-0.4, -0.2) is 31.0 Å². The van der Waals surface area contributed by atoms with E-state index in [1.807, 2.05) is 67.7 Å². The Morgan fingerprint density at radius 2 is 1.67 bits per heavy atom. The second-order valence-electron chi connectivity index (χ2n) is 5.55. The van der Waals surface area contributed by atoms with E-state index in [1.165, 1.54) is 0 Å². The predicted octanol–water partition coefficient (Wildman–Crippen LogP) is 3.43. The fraction of sp³-hybridized carbons (Fsp3) is 0.316. The van der Waals surface area contributed by atoms with E-state index in [1.54, 1.807) is 4.90 Å². The molecule has 130 valence electrons. The Balaban J connectivity index is 0.00000288. The summed E-state index contributed by atoms with van der Waals surface area (Å²) in [6, 6.07) is 19.1. The van der Waals surface area contributed by atoms with Crippen molar-refractivity contribution in [2.45, 2.75) is 18.9 Å². The lowest BCUT2D eigenvalue weighted by atomic mass is 10.0. The van der Waals surface area contributed by atoms with Crippen molar-refractivity contribution in [3.05, 3.63) is 66.2 Å². The summed E-state index contributed by atoms with van der Waals surface area (Å²) in [4.78, 5) is 13.9. The van der Waals surface area contributed by atoms with E-state index in [9.17, 15) is 4.79 Å². The van der Waals surface area contributed by atoms with Crippen LogP contribution in [0.4, 0.5) is 0 Å². The molecule has 4 nitrogen and oxygen atoms in total. The fourth-order valence-corrected chi connectivity index (χ4v) is 2.30. The molecule has 2 aromatic rings. The Morgan fingerprint density at radius 1 is 1.08 bits per heavy atom. The van der Waals surface area contributed by atoms with Crippen LogP contribution in [0.3, 0.4) is 0 Å². The number of halogens is 1. The number of amides is 1. The quantitative estimate of drug-likeness (QED) is 0.743. The van der Waals surface area contributed by atoms with Crippen LogP contribution in [0.25, 0.3) is 0 Å². The lowest BCUT2D eigenvalue weighted by Gasteiger charge is -2.20. The molecule has 0 aliphatic rings. The molecule has 2 aromatic carbocycles. The van der Waals surface area contributed by atoms with Gasteiger partial charge in [0, 0.05) is 26.1 Å². The molecule has 0 fully saturated rings. The molecule has 1 amide bonds. The van der Waals surface area contributed by atoms with Gasteiger partial charge in [-0.3, -0.25) is 4.79 Å². The molecule has 1 unspecified atom stereocenters. The number of hydrogen-bond donors (Lipinski definition) is 1. The predicted molar refractivity (Wildman–Crippen MR) is 99.4 cm³/mol. The second kappa shape index (κ2) is 10.7. The first kappa shape index (κ1) is 20.0. The number of para-hydroxylation sites is 1. The minimum absolute atomic E-state index is 0. The van der Waals surface area contributed by atoms with Crippen LogP contribution in [0.15, 0.2) is 60.7 Å². The van der Waals surface area contributed by atoms with Gasteiger partial charge in [-0.15, -0.1) is 12.4 Å². The Bertz CT molecular complexity index is 593. The van der Waals surface area contributed by atoms with Crippen molar-refractivity contribution in [3.63, 3.8) is 0 Å². The smallest absolute Gasteiger partial charge is 0.224 e. The first-order valence-electron chi connectivity index (χ1n) is 7.89. The minimum Gasteiger partial charge on any atom is -0.494 e. The maximum absolute atomic E-state index is 12.2. The molecule has 0 aliphatic heterocycles. The molecule has 0 aliphatic carbocycles. The molecule has 5 heteroatoms. The number of carbonyl (C=O) groups is 1. The third-order valence-corrected chi connectivity index (χ3v) is 3.70. The number of benzene rings is 2. The summed E-state index contributed by atoms with van der Waals surface area (Å²) in [5.41, 5.74) is 7.08. The van der Waals surface area contributed by atoms with Crippen LogP contribution in [0.1, 0.15) is 24.4 Å². The largest absolute Gasteiger partial charge is 0.494 e. The van der Waals surface area contributed by atoms with Crippen LogP contribution < -0.4 is 10.5 Å². The van der Waals surface area contributed by atoms with Gasteiger partial charge in [0.25, 0.3) is 0 Å². The number of ether oxygens (including phenoxy) is 1. The van der Waals surface area contributed by atoms with E-state index in [0.29, 0.717) is 19.6 Å². The topological polar surface area (TPSA) is 55.6 Å². The summed E-state index contributed by atoms with van der Waals surface area (Å²) in [6.07, 6.45) is 1.11. The van der Waals surface area contributed by atoms with Gasteiger partial charge in [-0.2, -0.15) is 0 Å². The number of rotatable bonds is 8. The molecular weight excluding hydrogens is 324 g/mol. The Labute approximate surface area is 150 Å². The zero-order valence-electron chi connectivity index (χ0n) is 13.9. The molecular formula is C19H25ClN2O2. The fourth-order valence-electron chi connectivity index (χ4n) is 2.30. The number of nitrogens with two attached hydrogens (primary N) is 1. The monoisotopic (exact) mass is 348 g/mol. The third kappa shape index (κ3) is 6.60. The average molecular weight is 349 g/mol. The Hall–Kier alpha value is -2.04. The number of hydrogen-bond acceptors (Lipinski definition) is 3. The van der Waals surface area contributed by atoms with Crippen molar-refractivity contribution in [2.24, 2.45) is 5.73 Å². The summed E-state index contributed by atoms with van der Waals surface area (Å²) >= 11 is 0. The van der Waals surface area contributed by atoms with Crippen molar-refractivity contribution in [1.82, 2.24) is 4.90 Å².